The van der Waals surface area contributed by atoms with Gasteiger partial charge in [-0.1, -0.05) is 0 Å². The number of hydrogen-bond acceptors (Lipinski definition) is 5. The predicted octanol–water partition coefficient (Wildman–Crippen LogP) is -3.56. The summed E-state index contributed by atoms with van der Waals surface area (Å²) in [5.74, 6) is 0. The average molecular weight is 171 g/mol. The maximum atomic E-state index is 9.79. The number of rotatable bonds is 2. The van der Waals surface area contributed by atoms with Crippen molar-refractivity contribution in [1.82, 2.24) is 0 Å². The minimum atomic E-state index is -0.766. The van der Waals surface area contributed by atoms with Crippen molar-refractivity contribution in [3.8, 4) is 5.40 Å². The molecule has 0 aromatic heterocycles. The molecular formula is C2H2N3NaOS2. The normalized spacial score (nSPS) is 9.44. The summed E-state index contributed by atoms with van der Waals surface area (Å²) in [5, 5.41) is 19.3. The van der Waals surface area contributed by atoms with E-state index < -0.39 is 6.02 Å². The maximum Gasteiger partial charge on any atom is 1.00 e. The van der Waals surface area contributed by atoms with Gasteiger partial charge in [0.05, 0.1) is 17.0 Å². The molecule has 0 bridgehead atoms. The Kier molecular flexibility index (Phi) is 11.4. The summed E-state index contributed by atoms with van der Waals surface area (Å²) in [5.41, 5.74) is 4.58. The van der Waals surface area contributed by atoms with Crippen molar-refractivity contribution >= 4 is 27.8 Å². The van der Waals surface area contributed by atoms with E-state index in [9.17, 15) is 5.11 Å². The number of nitriles is 1. The zero-order chi connectivity index (χ0) is 6.41. The van der Waals surface area contributed by atoms with E-state index >= 15 is 0 Å². The summed E-state index contributed by atoms with van der Waals surface area (Å²) >= 11 is 0. The molecule has 0 unspecified atom stereocenters. The van der Waals surface area contributed by atoms with Crippen molar-refractivity contribution in [3.05, 3.63) is 0 Å². The van der Waals surface area contributed by atoms with Crippen LogP contribution >= 0.6 is 21.8 Å². The molecule has 0 aliphatic carbocycles. The molecule has 0 spiro atoms. The Bertz CT molecular complexity index is 128. The van der Waals surface area contributed by atoms with Gasteiger partial charge in [0.1, 0.15) is 5.40 Å². The van der Waals surface area contributed by atoms with Crippen LogP contribution in [-0.2, 0) is 0 Å². The van der Waals surface area contributed by atoms with Gasteiger partial charge >= 0.3 is 29.6 Å². The molecule has 44 valence electrons. The predicted molar refractivity (Wildman–Crippen MR) is 32.4 cm³/mol. The van der Waals surface area contributed by atoms with Crippen LogP contribution in [0.3, 0.4) is 0 Å². The van der Waals surface area contributed by atoms with Gasteiger partial charge in [0.25, 0.3) is 0 Å². The van der Waals surface area contributed by atoms with Crippen molar-refractivity contribution in [2.75, 3.05) is 0 Å². The fraction of sp³-hybridized carbons (Fsp3) is 0. The Labute approximate surface area is 82.7 Å². The van der Waals surface area contributed by atoms with Crippen molar-refractivity contribution in [2.24, 2.45) is 10.1 Å². The van der Waals surface area contributed by atoms with E-state index in [-0.39, 0.29) is 29.6 Å². The molecule has 0 heterocycles. The minimum absolute atomic E-state index is 0. The molecule has 0 saturated heterocycles. The van der Waals surface area contributed by atoms with Gasteiger partial charge in [0.2, 0.25) is 0 Å². The van der Waals surface area contributed by atoms with Gasteiger partial charge in [0.15, 0.2) is 0 Å². The van der Waals surface area contributed by atoms with Crippen LogP contribution in [0.15, 0.2) is 4.40 Å². The summed E-state index contributed by atoms with van der Waals surface area (Å²) in [7, 11) is 1.56. The van der Waals surface area contributed by atoms with Gasteiger partial charge < -0.3 is 10.8 Å². The van der Waals surface area contributed by atoms with E-state index in [4.69, 9.17) is 5.26 Å². The molecule has 0 amide bonds. The number of thiocyanates is 1. The second-order valence-electron chi connectivity index (χ2n) is 0.679. The van der Waals surface area contributed by atoms with E-state index in [0.29, 0.717) is 0 Å². The van der Waals surface area contributed by atoms with E-state index in [1.165, 1.54) is 0 Å². The van der Waals surface area contributed by atoms with Crippen LogP contribution < -0.4 is 40.4 Å². The Balaban J connectivity index is 0. The van der Waals surface area contributed by atoms with Gasteiger partial charge in [-0.3, -0.25) is 0 Å². The van der Waals surface area contributed by atoms with Gasteiger partial charge in [-0.05, 0) is 0 Å². The first kappa shape index (κ1) is 12.2. The third kappa shape index (κ3) is 11.8. The van der Waals surface area contributed by atoms with Crippen molar-refractivity contribution in [2.45, 2.75) is 0 Å². The first-order chi connectivity index (χ1) is 3.77. The second-order valence-corrected chi connectivity index (χ2v) is 2.31. The first-order valence-electron chi connectivity index (χ1n) is 1.49. The van der Waals surface area contributed by atoms with Gasteiger partial charge in [0, 0.05) is 10.8 Å². The van der Waals surface area contributed by atoms with Crippen LogP contribution in [0.5, 0.6) is 0 Å². The monoisotopic (exact) mass is 171 g/mol. The number of amidine groups is 1. The fourth-order valence-electron chi connectivity index (χ4n) is 0.0720. The second kappa shape index (κ2) is 8.46. The minimum Gasteiger partial charge on any atom is -0.846 e. The zero-order valence-corrected chi connectivity index (χ0v) is 8.33. The Morgan fingerprint density at radius 1 is 1.78 bits per heavy atom. The summed E-state index contributed by atoms with van der Waals surface area (Å²) < 4.78 is 3.11. The van der Waals surface area contributed by atoms with Gasteiger partial charge in [-0.25, -0.2) is 4.40 Å². The molecule has 0 saturated carbocycles. The van der Waals surface area contributed by atoms with Crippen LogP contribution in [0, 0.1) is 10.7 Å². The van der Waals surface area contributed by atoms with Gasteiger partial charge in [-0.15, -0.1) is 0 Å². The standard InChI is InChI=1S/C2H3N3OS2.Na/c3-1-7-8-5-2(4)6;/h(H3,4,5,6);/q;+1/p-1. The smallest absolute Gasteiger partial charge is 0.846 e. The van der Waals surface area contributed by atoms with Crippen molar-refractivity contribution in [3.63, 3.8) is 0 Å². The number of hydrogen-bond donors (Lipinski definition) is 1. The Morgan fingerprint density at radius 3 is 2.67 bits per heavy atom. The topological polar surface area (TPSA) is 85.2 Å². The molecule has 7 heteroatoms. The molecule has 0 aliphatic heterocycles. The first-order valence-corrected chi connectivity index (χ1v) is 3.60. The average Bonchev–Trinajstić information content (AvgIpc) is 1.66. The quantitative estimate of drug-likeness (QED) is 0.0884. The van der Waals surface area contributed by atoms with Crippen LogP contribution in [0.2, 0.25) is 0 Å². The van der Waals surface area contributed by atoms with Crippen LogP contribution in [-0.4, -0.2) is 6.02 Å². The number of nitrogens with zero attached hydrogens (tertiary/aromatic N) is 2. The van der Waals surface area contributed by atoms with E-state index in [1.54, 1.807) is 5.40 Å². The van der Waals surface area contributed by atoms with Crippen LogP contribution in [0.25, 0.3) is 0 Å². The molecule has 0 radical (unpaired) electrons. The number of nitrogens with two attached hydrogens (primary N) is 1. The van der Waals surface area contributed by atoms with Crippen molar-refractivity contribution < 1.29 is 34.7 Å². The summed E-state index contributed by atoms with van der Waals surface area (Å²) in [6, 6.07) is -0.766. The van der Waals surface area contributed by atoms with Gasteiger partial charge in [-0.2, -0.15) is 5.26 Å². The molecule has 0 aromatic rings. The SMILES string of the molecule is N#CSS/N=C(/N)[O-].[Na+]. The molecule has 9 heavy (non-hydrogen) atoms. The maximum absolute atomic E-state index is 9.79. The molecule has 0 fully saturated rings. The summed E-state index contributed by atoms with van der Waals surface area (Å²) in [4.78, 5) is 0. The Hall–Kier alpha value is 0.460. The van der Waals surface area contributed by atoms with Crippen LogP contribution in [0.1, 0.15) is 0 Å². The molecule has 0 atom stereocenters. The van der Waals surface area contributed by atoms with E-state index in [0.717, 1.165) is 21.8 Å². The molecule has 4 nitrogen and oxygen atoms in total. The molecular weight excluding hydrogens is 169 g/mol. The largest absolute Gasteiger partial charge is 1.00 e. The molecule has 0 aromatic carbocycles. The third-order valence-electron chi connectivity index (χ3n) is 0.202. The summed E-state index contributed by atoms with van der Waals surface area (Å²) in [6.45, 7) is 0. The summed E-state index contributed by atoms with van der Waals surface area (Å²) in [6.07, 6.45) is 0. The van der Waals surface area contributed by atoms with E-state index in [2.05, 4.69) is 10.1 Å². The molecule has 2 N–H and O–H groups in total. The fourth-order valence-corrected chi connectivity index (χ4v) is 0.648. The zero-order valence-electron chi connectivity index (χ0n) is 4.70. The van der Waals surface area contributed by atoms with Crippen LogP contribution in [0.4, 0.5) is 0 Å². The van der Waals surface area contributed by atoms with E-state index in [1.807, 2.05) is 0 Å². The third-order valence-corrected chi connectivity index (χ3v) is 1.28. The van der Waals surface area contributed by atoms with Crippen molar-refractivity contribution in [1.29, 1.82) is 5.26 Å². The Morgan fingerprint density at radius 2 is 2.33 bits per heavy atom. The molecule has 0 rings (SSSR count). The molecule has 0 aliphatic rings.